The smallest absolute Gasteiger partial charge is 0.262 e. The van der Waals surface area contributed by atoms with Crippen LogP contribution in [0.15, 0.2) is 85.1 Å². The summed E-state index contributed by atoms with van der Waals surface area (Å²) < 4.78 is 1.62. The summed E-state index contributed by atoms with van der Waals surface area (Å²) in [5, 5.41) is 9.87. The number of benzene rings is 3. The lowest BCUT2D eigenvalue weighted by molar-refractivity contribution is 0.0965. The zero-order valence-corrected chi connectivity index (χ0v) is 13.4. The van der Waals surface area contributed by atoms with Crippen molar-refractivity contribution >= 4 is 16.8 Å². The number of nitrogens with zero attached hydrogens (tertiary/aromatic N) is 2. The van der Waals surface area contributed by atoms with Crippen molar-refractivity contribution in [3.63, 3.8) is 0 Å². The van der Waals surface area contributed by atoms with E-state index in [1.165, 1.54) is 0 Å². The standard InChI is InChI=1S/C22H14N2O/c23-15-16-6-11-21-20(14-16)12-13-24(21)22(25)19-9-7-18(8-10-19)17-4-2-1-3-5-17/h1-14H. The molecule has 0 aliphatic carbocycles. The maximum Gasteiger partial charge on any atom is 0.262 e. The molecule has 0 N–H and O–H groups in total. The van der Waals surface area contributed by atoms with Crippen molar-refractivity contribution < 1.29 is 4.79 Å². The van der Waals surface area contributed by atoms with Crippen molar-refractivity contribution in [2.75, 3.05) is 0 Å². The number of carbonyl (C=O) groups excluding carboxylic acids is 1. The Morgan fingerprint density at radius 2 is 1.56 bits per heavy atom. The van der Waals surface area contributed by atoms with Crippen LogP contribution < -0.4 is 0 Å². The van der Waals surface area contributed by atoms with Crippen molar-refractivity contribution in [3.05, 3.63) is 96.2 Å². The highest BCUT2D eigenvalue weighted by atomic mass is 16.2. The van der Waals surface area contributed by atoms with Gasteiger partial charge in [-0.1, -0.05) is 42.5 Å². The van der Waals surface area contributed by atoms with Crippen molar-refractivity contribution in [1.29, 1.82) is 5.26 Å². The van der Waals surface area contributed by atoms with Gasteiger partial charge in [-0.2, -0.15) is 5.26 Å². The van der Waals surface area contributed by atoms with E-state index >= 15 is 0 Å². The van der Waals surface area contributed by atoms with E-state index in [4.69, 9.17) is 5.26 Å². The fourth-order valence-electron chi connectivity index (χ4n) is 2.96. The molecule has 0 bridgehead atoms. The molecule has 1 aromatic heterocycles. The number of fused-ring (bicyclic) bond motifs is 1. The monoisotopic (exact) mass is 322 g/mol. The molecule has 0 fully saturated rings. The third kappa shape index (κ3) is 2.71. The van der Waals surface area contributed by atoms with Gasteiger partial charge in [0.15, 0.2) is 0 Å². The van der Waals surface area contributed by atoms with Gasteiger partial charge >= 0.3 is 0 Å². The zero-order valence-electron chi connectivity index (χ0n) is 13.4. The Labute approximate surface area is 145 Å². The quantitative estimate of drug-likeness (QED) is 0.528. The van der Waals surface area contributed by atoms with E-state index in [1.54, 1.807) is 22.9 Å². The first kappa shape index (κ1) is 14.9. The molecule has 3 heteroatoms. The van der Waals surface area contributed by atoms with Gasteiger partial charge in [-0.3, -0.25) is 9.36 Å². The van der Waals surface area contributed by atoms with E-state index in [0.717, 1.165) is 22.0 Å². The first-order chi connectivity index (χ1) is 12.3. The summed E-state index contributed by atoms with van der Waals surface area (Å²) in [5.74, 6) is -0.0840. The van der Waals surface area contributed by atoms with E-state index < -0.39 is 0 Å². The van der Waals surface area contributed by atoms with Gasteiger partial charge in [-0.25, -0.2) is 0 Å². The number of hydrogen-bond acceptors (Lipinski definition) is 2. The van der Waals surface area contributed by atoms with Gasteiger partial charge in [0.2, 0.25) is 0 Å². The minimum absolute atomic E-state index is 0.0840. The second kappa shape index (κ2) is 6.10. The normalized spacial score (nSPS) is 10.5. The second-order valence-electron chi connectivity index (χ2n) is 5.82. The average Bonchev–Trinajstić information content (AvgIpc) is 3.11. The van der Waals surface area contributed by atoms with Crippen LogP contribution >= 0.6 is 0 Å². The summed E-state index contributed by atoms with van der Waals surface area (Å²) in [5.41, 5.74) is 4.22. The lowest BCUT2D eigenvalue weighted by Crippen LogP contribution is -2.10. The van der Waals surface area contributed by atoms with Gasteiger partial charge < -0.3 is 0 Å². The van der Waals surface area contributed by atoms with E-state index in [0.29, 0.717) is 11.1 Å². The highest BCUT2D eigenvalue weighted by Gasteiger charge is 2.12. The maximum atomic E-state index is 12.8. The molecule has 3 aromatic carbocycles. The van der Waals surface area contributed by atoms with Crippen molar-refractivity contribution in [2.45, 2.75) is 0 Å². The molecule has 0 radical (unpaired) electrons. The molecule has 4 aromatic rings. The van der Waals surface area contributed by atoms with Crippen molar-refractivity contribution in [2.24, 2.45) is 0 Å². The van der Waals surface area contributed by atoms with Gasteiger partial charge in [0.25, 0.3) is 5.91 Å². The molecular formula is C22H14N2O. The fraction of sp³-hybridized carbons (Fsp3) is 0. The molecule has 0 unspecified atom stereocenters. The summed E-state index contributed by atoms with van der Waals surface area (Å²) in [6.07, 6.45) is 1.75. The van der Waals surface area contributed by atoms with Gasteiger partial charge in [0.05, 0.1) is 17.1 Å². The molecule has 0 aliphatic rings. The number of rotatable bonds is 2. The summed E-state index contributed by atoms with van der Waals surface area (Å²) in [4.78, 5) is 12.8. The number of nitriles is 1. The Morgan fingerprint density at radius 3 is 2.28 bits per heavy atom. The van der Waals surface area contributed by atoms with Crippen LogP contribution in [0, 0.1) is 11.3 Å². The fourth-order valence-corrected chi connectivity index (χ4v) is 2.96. The van der Waals surface area contributed by atoms with Gasteiger partial charge in [-0.05, 0) is 47.5 Å². The summed E-state index contributed by atoms with van der Waals surface area (Å²) in [7, 11) is 0. The highest BCUT2D eigenvalue weighted by Crippen LogP contribution is 2.22. The van der Waals surface area contributed by atoms with Crippen LogP contribution in [0.5, 0.6) is 0 Å². The molecule has 1 heterocycles. The van der Waals surface area contributed by atoms with E-state index in [1.807, 2.05) is 66.7 Å². The summed E-state index contributed by atoms with van der Waals surface area (Å²) in [6, 6.07) is 27.0. The first-order valence-corrected chi connectivity index (χ1v) is 7.98. The predicted molar refractivity (Wildman–Crippen MR) is 98.3 cm³/mol. The molecular weight excluding hydrogens is 308 g/mol. The topological polar surface area (TPSA) is 45.8 Å². The molecule has 0 atom stereocenters. The predicted octanol–water partition coefficient (Wildman–Crippen LogP) is 4.87. The van der Waals surface area contributed by atoms with Crippen molar-refractivity contribution in [1.82, 2.24) is 4.57 Å². The van der Waals surface area contributed by atoms with Crippen LogP contribution in [0.25, 0.3) is 22.0 Å². The highest BCUT2D eigenvalue weighted by molar-refractivity contribution is 6.02. The van der Waals surface area contributed by atoms with Crippen LogP contribution in [-0.4, -0.2) is 10.5 Å². The van der Waals surface area contributed by atoms with Crippen LogP contribution in [0.4, 0.5) is 0 Å². The maximum absolute atomic E-state index is 12.8. The molecule has 4 rings (SSSR count). The molecule has 118 valence electrons. The average molecular weight is 322 g/mol. The Balaban J connectivity index is 1.69. The van der Waals surface area contributed by atoms with E-state index in [9.17, 15) is 4.79 Å². The molecule has 0 saturated carbocycles. The summed E-state index contributed by atoms with van der Waals surface area (Å²) >= 11 is 0. The molecule has 0 saturated heterocycles. The SMILES string of the molecule is N#Cc1ccc2c(ccn2C(=O)c2ccc(-c3ccccc3)cc2)c1. The third-order valence-corrected chi connectivity index (χ3v) is 4.28. The van der Waals surface area contributed by atoms with Crippen LogP contribution in [0.1, 0.15) is 15.9 Å². The summed E-state index contributed by atoms with van der Waals surface area (Å²) in [6.45, 7) is 0. The molecule has 25 heavy (non-hydrogen) atoms. The molecule has 0 spiro atoms. The Hall–Kier alpha value is -3.64. The molecule has 0 aliphatic heterocycles. The Bertz CT molecular complexity index is 1100. The minimum Gasteiger partial charge on any atom is -0.283 e. The lowest BCUT2D eigenvalue weighted by Gasteiger charge is -2.06. The van der Waals surface area contributed by atoms with Crippen LogP contribution in [0.2, 0.25) is 0 Å². The van der Waals surface area contributed by atoms with Crippen molar-refractivity contribution in [3.8, 4) is 17.2 Å². The second-order valence-corrected chi connectivity index (χ2v) is 5.82. The Morgan fingerprint density at radius 1 is 0.840 bits per heavy atom. The zero-order chi connectivity index (χ0) is 17.2. The third-order valence-electron chi connectivity index (χ3n) is 4.28. The largest absolute Gasteiger partial charge is 0.283 e. The minimum atomic E-state index is -0.0840. The Kier molecular flexibility index (Phi) is 3.64. The molecule has 0 amide bonds. The number of hydrogen-bond donors (Lipinski definition) is 0. The van der Waals surface area contributed by atoms with E-state index in [2.05, 4.69) is 6.07 Å². The first-order valence-electron chi connectivity index (χ1n) is 7.98. The van der Waals surface area contributed by atoms with Gasteiger partial charge in [0, 0.05) is 17.1 Å². The van der Waals surface area contributed by atoms with E-state index in [-0.39, 0.29) is 5.91 Å². The van der Waals surface area contributed by atoms with Crippen LogP contribution in [0.3, 0.4) is 0 Å². The van der Waals surface area contributed by atoms with Crippen LogP contribution in [-0.2, 0) is 0 Å². The number of carbonyl (C=O) groups is 1. The van der Waals surface area contributed by atoms with Gasteiger partial charge in [0.1, 0.15) is 0 Å². The lowest BCUT2D eigenvalue weighted by atomic mass is 10.0. The number of aromatic nitrogens is 1. The van der Waals surface area contributed by atoms with Gasteiger partial charge in [-0.15, -0.1) is 0 Å². The molecule has 3 nitrogen and oxygen atoms in total.